The number of hydrogen-bond acceptors (Lipinski definition) is 5. The molecule has 2 aromatic carbocycles. The van der Waals surface area contributed by atoms with E-state index in [2.05, 4.69) is 20.4 Å². The number of halogens is 1. The second-order valence-electron chi connectivity index (χ2n) is 7.18. The van der Waals surface area contributed by atoms with Gasteiger partial charge in [-0.15, -0.1) is 0 Å². The van der Waals surface area contributed by atoms with Crippen molar-refractivity contribution in [2.24, 2.45) is 7.05 Å². The minimum absolute atomic E-state index is 0.0608. The van der Waals surface area contributed by atoms with Gasteiger partial charge in [-0.3, -0.25) is 4.79 Å². The van der Waals surface area contributed by atoms with Crippen molar-refractivity contribution >= 4 is 17.5 Å². The summed E-state index contributed by atoms with van der Waals surface area (Å²) in [4.78, 5) is 21.5. The second kappa shape index (κ2) is 9.57. The number of carbonyl (C=O) groups is 1. The van der Waals surface area contributed by atoms with Gasteiger partial charge in [0.15, 0.2) is 0 Å². The maximum absolute atomic E-state index is 12.7. The standard InChI is InChI=1S/C23H22ClN5O2/c1-29-15-14-25-23(29)21(16-6-3-2-4-7-16)26-19(30)8-5-9-20-27-22(28-31-20)17-10-12-18(24)13-11-17/h2-4,6-7,10-15,21H,5,8-9H2,1H3,(H,26,30). The van der Waals surface area contributed by atoms with E-state index in [9.17, 15) is 4.79 Å². The molecular weight excluding hydrogens is 414 g/mol. The highest BCUT2D eigenvalue weighted by atomic mass is 35.5. The molecule has 4 aromatic rings. The quantitative estimate of drug-likeness (QED) is 0.444. The van der Waals surface area contributed by atoms with Gasteiger partial charge in [0.05, 0.1) is 0 Å². The summed E-state index contributed by atoms with van der Waals surface area (Å²) in [6.45, 7) is 0. The number of hydrogen-bond donors (Lipinski definition) is 1. The summed E-state index contributed by atoms with van der Waals surface area (Å²) < 4.78 is 7.23. The van der Waals surface area contributed by atoms with Crippen LogP contribution < -0.4 is 5.32 Å². The molecule has 0 aliphatic rings. The number of aromatic nitrogens is 4. The summed E-state index contributed by atoms with van der Waals surface area (Å²) in [6.07, 6.45) is 5.05. The van der Waals surface area contributed by atoms with Gasteiger partial charge in [-0.1, -0.05) is 47.1 Å². The summed E-state index contributed by atoms with van der Waals surface area (Å²) in [5.74, 6) is 1.73. The molecule has 0 bridgehead atoms. The highest BCUT2D eigenvalue weighted by Crippen LogP contribution is 2.21. The highest BCUT2D eigenvalue weighted by Gasteiger charge is 2.20. The normalized spacial score (nSPS) is 11.9. The van der Waals surface area contributed by atoms with Crippen LogP contribution >= 0.6 is 11.6 Å². The lowest BCUT2D eigenvalue weighted by atomic mass is 10.1. The number of amides is 1. The molecule has 1 atom stereocenters. The van der Waals surface area contributed by atoms with E-state index in [1.165, 1.54) is 0 Å². The Kier molecular flexibility index (Phi) is 6.43. The van der Waals surface area contributed by atoms with E-state index >= 15 is 0 Å². The van der Waals surface area contributed by atoms with Gasteiger partial charge in [-0.25, -0.2) is 4.98 Å². The van der Waals surface area contributed by atoms with E-state index in [1.54, 1.807) is 18.3 Å². The van der Waals surface area contributed by atoms with Crippen LogP contribution in [0.5, 0.6) is 0 Å². The molecule has 0 aliphatic carbocycles. The van der Waals surface area contributed by atoms with E-state index in [0.717, 1.165) is 17.0 Å². The number of rotatable bonds is 8. The second-order valence-corrected chi connectivity index (χ2v) is 7.62. The van der Waals surface area contributed by atoms with Gasteiger partial charge in [0.1, 0.15) is 11.9 Å². The Labute approximate surface area is 185 Å². The summed E-state index contributed by atoms with van der Waals surface area (Å²) in [5.41, 5.74) is 1.81. The maximum Gasteiger partial charge on any atom is 0.226 e. The molecule has 0 saturated heterocycles. The summed E-state index contributed by atoms with van der Waals surface area (Å²) in [5, 5.41) is 7.75. The van der Waals surface area contributed by atoms with E-state index < -0.39 is 0 Å². The molecule has 158 valence electrons. The molecule has 1 N–H and O–H groups in total. The number of carbonyl (C=O) groups excluding carboxylic acids is 1. The zero-order chi connectivity index (χ0) is 21.6. The molecule has 0 radical (unpaired) electrons. The molecule has 7 nitrogen and oxygen atoms in total. The topological polar surface area (TPSA) is 85.8 Å². The van der Waals surface area contributed by atoms with Crippen molar-refractivity contribution in [2.45, 2.75) is 25.3 Å². The van der Waals surface area contributed by atoms with Gasteiger partial charge in [0.2, 0.25) is 17.6 Å². The van der Waals surface area contributed by atoms with Crippen LogP contribution in [0.25, 0.3) is 11.4 Å². The molecule has 1 amide bonds. The summed E-state index contributed by atoms with van der Waals surface area (Å²) in [6, 6.07) is 16.7. The minimum atomic E-state index is -0.311. The lowest BCUT2D eigenvalue weighted by molar-refractivity contribution is -0.121. The predicted molar refractivity (Wildman–Crippen MR) is 117 cm³/mol. The predicted octanol–water partition coefficient (Wildman–Crippen LogP) is 4.35. The van der Waals surface area contributed by atoms with Crippen LogP contribution in [0, 0.1) is 0 Å². The fraction of sp³-hybridized carbons (Fsp3) is 0.217. The Bertz CT molecular complexity index is 1140. The Morgan fingerprint density at radius 3 is 2.65 bits per heavy atom. The fourth-order valence-electron chi connectivity index (χ4n) is 3.30. The van der Waals surface area contributed by atoms with Crippen molar-refractivity contribution in [2.75, 3.05) is 0 Å². The van der Waals surface area contributed by atoms with Crippen molar-refractivity contribution < 1.29 is 9.32 Å². The first-order valence-corrected chi connectivity index (χ1v) is 10.4. The van der Waals surface area contributed by atoms with Crippen LogP contribution in [0.2, 0.25) is 5.02 Å². The third kappa shape index (κ3) is 5.19. The van der Waals surface area contributed by atoms with Crippen LogP contribution in [0.3, 0.4) is 0 Å². The molecule has 0 saturated carbocycles. The van der Waals surface area contributed by atoms with E-state index in [0.29, 0.717) is 36.0 Å². The van der Waals surface area contributed by atoms with Crippen LogP contribution in [0.4, 0.5) is 0 Å². The Hall–Kier alpha value is -3.45. The molecule has 31 heavy (non-hydrogen) atoms. The highest BCUT2D eigenvalue weighted by molar-refractivity contribution is 6.30. The molecule has 8 heteroatoms. The molecule has 0 aliphatic heterocycles. The average Bonchev–Trinajstić information content (AvgIpc) is 3.42. The van der Waals surface area contributed by atoms with Crippen molar-refractivity contribution in [1.29, 1.82) is 0 Å². The Balaban J connectivity index is 1.35. The third-order valence-corrected chi connectivity index (χ3v) is 5.17. The summed E-state index contributed by atoms with van der Waals surface area (Å²) >= 11 is 5.91. The lowest BCUT2D eigenvalue weighted by Gasteiger charge is -2.19. The van der Waals surface area contributed by atoms with Crippen LogP contribution in [-0.2, 0) is 18.3 Å². The number of imidazole rings is 1. The Morgan fingerprint density at radius 1 is 1.16 bits per heavy atom. The monoisotopic (exact) mass is 435 g/mol. The first-order valence-electron chi connectivity index (χ1n) is 10.00. The van der Waals surface area contributed by atoms with Gasteiger partial charge in [0.25, 0.3) is 0 Å². The molecular formula is C23H22ClN5O2. The zero-order valence-corrected chi connectivity index (χ0v) is 17.8. The number of nitrogens with one attached hydrogen (secondary N) is 1. The van der Waals surface area contributed by atoms with E-state index in [4.69, 9.17) is 16.1 Å². The van der Waals surface area contributed by atoms with Crippen molar-refractivity contribution in [1.82, 2.24) is 25.0 Å². The minimum Gasteiger partial charge on any atom is -0.342 e. The number of aryl methyl sites for hydroxylation is 2. The van der Waals surface area contributed by atoms with Gasteiger partial charge in [-0.05, 0) is 36.2 Å². The van der Waals surface area contributed by atoms with E-state index in [1.807, 2.05) is 60.3 Å². The first-order chi connectivity index (χ1) is 15.1. The molecule has 1 unspecified atom stereocenters. The number of benzene rings is 2. The van der Waals surface area contributed by atoms with Crippen molar-refractivity contribution in [3.05, 3.63) is 89.3 Å². The van der Waals surface area contributed by atoms with Crippen molar-refractivity contribution in [3.8, 4) is 11.4 Å². The van der Waals surface area contributed by atoms with Gasteiger partial charge < -0.3 is 14.4 Å². The SMILES string of the molecule is Cn1ccnc1C(NC(=O)CCCc1nc(-c2ccc(Cl)cc2)no1)c1ccccc1. The maximum atomic E-state index is 12.7. The molecule has 4 rings (SSSR count). The van der Waals surface area contributed by atoms with E-state index in [-0.39, 0.29) is 11.9 Å². The smallest absolute Gasteiger partial charge is 0.226 e. The Morgan fingerprint density at radius 2 is 1.94 bits per heavy atom. The van der Waals surface area contributed by atoms with Gasteiger partial charge >= 0.3 is 0 Å². The third-order valence-electron chi connectivity index (χ3n) is 4.92. The van der Waals surface area contributed by atoms with Crippen LogP contribution in [0.15, 0.2) is 71.5 Å². The average molecular weight is 436 g/mol. The van der Waals surface area contributed by atoms with Gasteiger partial charge in [-0.2, -0.15) is 4.98 Å². The number of nitrogens with zero attached hydrogens (tertiary/aromatic N) is 4. The van der Waals surface area contributed by atoms with Crippen LogP contribution in [-0.4, -0.2) is 25.6 Å². The lowest BCUT2D eigenvalue weighted by Crippen LogP contribution is -2.31. The van der Waals surface area contributed by atoms with Gasteiger partial charge in [0, 0.05) is 42.9 Å². The largest absolute Gasteiger partial charge is 0.342 e. The van der Waals surface area contributed by atoms with Crippen molar-refractivity contribution in [3.63, 3.8) is 0 Å². The first kappa shape index (κ1) is 20.8. The molecule has 2 heterocycles. The zero-order valence-electron chi connectivity index (χ0n) is 17.0. The molecule has 2 aromatic heterocycles. The molecule has 0 spiro atoms. The fourth-order valence-corrected chi connectivity index (χ4v) is 3.43. The summed E-state index contributed by atoms with van der Waals surface area (Å²) in [7, 11) is 1.91. The van der Waals surface area contributed by atoms with Crippen LogP contribution in [0.1, 0.15) is 36.2 Å². The molecule has 0 fully saturated rings.